The maximum Gasteiger partial charge on any atom is 0.159 e. The zero-order valence-electron chi connectivity index (χ0n) is 13.5. The van der Waals surface area contributed by atoms with Crippen molar-refractivity contribution in [3.63, 3.8) is 0 Å². The van der Waals surface area contributed by atoms with Crippen molar-refractivity contribution in [3.8, 4) is 0 Å². The minimum Gasteiger partial charge on any atom is -0.297 e. The summed E-state index contributed by atoms with van der Waals surface area (Å²) in [6.07, 6.45) is 4.54. The average Bonchev–Trinajstić information content (AvgIpc) is 3.01. The molecule has 2 atom stereocenters. The van der Waals surface area contributed by atoms with E-state index in [1.165, 1.54) is 6.33 Å². The number of carbonyl (C=O) groups excluding carboxylic acids is 1. The highest BCUT2D eigenvalue weighted by Gasteiger charge is 2.26. The lowest BCUT2D eigenvalue weighted by Crippen LogP contribution is -2.26. The molecule has 0 spiro atoms. The number of Topliss-reactive ketones (excluding diaryl/α,β-unsaturated/α-hetero) is 1. The van der Waals surface area contributed by atoms with Gasteiger partial charge in [0.2, 0.25) is 0 Å². The summed E-state index contributed by atoms with van der Waals surface area (Å²) >= 11 is 12.2. The van der Waals surface area contributed by atoms with Crippen molar-refractivity contribution >= 4 is 29.0 Å². The van der Waals surface area contributed by atoms with Gasteiger partial charge in [-0.25, -0.2) is 9.67 Å². The lowest BCUT2D eigenvalue weighted by atomic mass is 9.90. The van der Waals surface area contributed by atoms with Crippen molar-refractivity contribution in [1.82, 2.24) is 14.8 Å². The number of carbonyl (C=O) groups is 1. The van der Waals surface area contributed by atoms with E-state index in [-0.39, 0.29) is 23.7 Å². The number of halogens is 2. The van der Waals surface area contributed by atoms with E-state index in [0.29, 0.717) is 16.5 Å². The molecule has 23 heavy (non-hydrogen) atoms. The van der Waals surface area contributed by atoms with E-state index in [4.69, 9.17) is 23.2 Å². The van der Waals surface area contributed by atoms with Crippen LogP contribution < -0.4 is 0 Å². The molecule has 0 amide bonds. The van der Waals surface area contributed by atoms with Crippen LogP contribution in [0.2, 0.25) is 10.0 Å². The number of hydrogen-bond donors (Lipinski definition) is 0. The van der Waals surface area contributed by atoms with Crippen LogP contribution in [0.15, 0.2) is 30.9 Å². The van der Waals surface area contributed by atoms with Crippen molar-refractivity contribution in [1.29, 1.82) is 0 Å². The molecule has 1 heterocycles. The van der Waals surface area contributed by atoms with Gasteiger partial charge < -0.3 is 0 Å². The molecule has 4 nitrogen and oxygen atoms in total. The first kappa shape index (κ1) is 18.0. The second-order valence-electron chi connectivity index (χ2n) is 6.23. The Hall–Kier alpha value is -1.39. The van der Waals surface area contributed by atoms with Crippen molar-refractivity contribution < 1.29 is 4.79 Å². The Bertz CT molecular complexity index is 656. The van der Waals surface area contributed by atoms with Gasteiger partial charge in [0.05, 0.1) is 0 Å². The molecule has 2 rings (SSSR count). The third-order valence-electron chi connectivity index (χ3n) is 3.86. The van der Waals surface area contributed by atoms with Gasteiger partial charge in [0.25, 0.3) is 0 Å². The summed E-state index contributed by atoms with van der Waals surface area (Å²) < 4.78 is 1.66. The quantitative estimate of drug-likeness (QED) is 0.729. The molecule has 0 aliphatic rings. The summed E-state index contributed by atoms with van der Waals surface area (Å²) in [5.41, 5.74) is 1.04. The molecule has 124 valence electrons. The number of rotatable bonds is 7. The molecule has 0 radical (unpaired) electrons. The fraction of sp³-hybridized carbons (Fsp3) is 0.471. The number of nitrogens with zero attached hydrogens (tertiary/aromatic N) is 3. The van der Waals surface area contributed by atoms with Crippen LogP contribution in [-0.2, 0) is 11.2 Å². The summed E-state index contributed by atoms with van der Waals surface area (Å²) in [6, 6.07) is 5.23. The van der Waals surface area contributed by atoms with Gasteiger partial charge in [-0.2, -0.15) is 5.10 Å². The van der Waals surface area contributed by atoms with Crippen LogP contribution in [0.3, 0.4) is 0 Å². The number of aromatic nitrogens is 3. The van der Waals surface area contributed by atoms with Gasteiger partial charge in [0.1, 0.15) is 18.7 Å². The molecule has 0 saturated carbocycles. The molecule has 0 aliphatic carbocycles. The van der Waals surface area contributed by atoms with Gasteiger partial charge in [0.15, 0.2) is 5.78 Å². The van der Waals surface area contributed by atoms with E-state index in [2.05, 4.69) is 17.0 Å². The van der Waals surface area contributed by atoms with E-state index < -0.39 is 0 Å². The van der Waals surface area contributed by atoms with Crippen LogP contribution >= 0.6 is 23.2 Å². The van der Waals surface area contributed by atoms with Crippen LogP contribution in [0.1, 0.15) is 38.8 Å². The van der Waals surface area contributed by atoms with Crippen LogP contribution in [0.5, 0.6) is 0 Å². The maximum atomic E-state index is 12.5. The highest BCUT2D eigenvalue weighted by Crippen LogP contribution is 2.27. The highest BCUT2D eigenvalue weighted by molar-refractivity contribution is 6.35. The molecule has 0 N–H and O–H groups in total. The van der Waals surface area contributed by atoms with E-state index in [1.54, 1.807) is 17.1 Å². The SMILES string of the molecule is CC(Cc1ccc(Cl)cc1Cl)CC(C(=O)C(C)C)n1cncn1. The van der Waals surface area contributed by atoms with Crippen LogP contribution in [-0.4, -0.2) is 20.5 Å². The van der Waals surface area contributed by atoms with Crippen LogP contribution in [0.25, 0.3) is 0 Å². The molecule has 0 saturated heterocycles. The Labute approximate surface area is 146 Å². The molecule has 1 aromatic heterocycles. The largest absolute Gasteiger partial charge is 0.297 e. The van der Waals surface area contributed by atoms with Crippen molar-refractivity contribution in [2.45, 2.75) is 39.7 Å². The molecule has 0 bridgehead atoms. The third kappa shape index (κ3) is 4.79. The standard InChI is InChI=1S/C17H21Cl2N3O/c1-11(2)17(23)16(22-10-20-9-21-22)7-12(3)6-13-4-5-14(18)8-15(13)19/h4-5,8-12,16H,6-7H2,1-3H3. The van der Waals surface area contributed by atoms with Crippen LogP contribution in [0.4, 0.5) is 0 Å². The molecular weight excluding hydrogens is 333 g/mol. The molecule has 0 aliphatic heterocycles. The first-order chi connectivity index (χ1) is 10.9. The zero-order valence-corrected chi connectivity index (χ0v) is 15.1. The Morgan fingerprint density at radius 2 is 2.00 bits per heavy atom. The van der Waals surface area contributed by atoms with Gasteiger partial charge in [-0.15, -0.1) is 0 Å². The molecule has 2 unspecified atom stereocenters. The Morgan fingerprint density at radius 3 is 2.57 bits per heavy atom. The minimum absolute atomic E-state index is 0.0458. The Morgan fingerprint density at radius 1 is 1.26 bits per heavy atom. The lowest BCUT2D eigenvalue weighted by molar-refractivity contribution is -0.126. The minimum atomic E-state index is -0.293. The van der Waals surface area contributed by atoms with Gasteiger partial charge in [-0.1, -0.05) is 50.0 Å². The van der Waals surface area contributed by atoms with Crippen molar-refractivity contribution in [2.24, 2.45) is 11.8 Å². The van der Waals surface area contributed by atoms with Gasteiger partial charge in [-0.3, -0.25) is 4.79 Å². The van der Waals surface area contributed by atoms with E-state index >= 15 is 0 Å². The average molecular weight is 354 g/mol. The van der Waals surface area contributed by atoms with E-state index in [1.807, 2.05) is 26.0 Å². The second-order valence-corrected chi connectivity index (χ2v) is 7.07. The monoisotopic (exact) mass is 353 g/mol. The van der Waals surface area contributed by atoms with E-state index in [0.717, 1.165) is 12.0 Å². The molecule has 6 heteroatoms. The fourth-order valence-corrected chi connectivity index (χ4v) is 3.13. The molecular formula is C17H21Cl2N3O. The number of benzene rings is 1. The first-order valence-electron chi connectivity index (χ1n) is 7.70. The highest BCUT2D eigenvalue weighted by atomic mass is 35.5. The summed E-state index contributed by atoms with van der Waals surface area (Å²) in [7, 11) is 0. The third-order valence-corrected chi connectivity index (χ3v) is 4.45. The predicted molar refractivity (Wildman–Crippen MR) is 92.9 cm³/mol. The fourth-order valence-electron chi connectivity index (χ4n) is 2.64. The predicted octanol–water partition coefficient (Wildman–Crippen LogP) is 4.62. The normalized spacial score (nSPS) is 14.0. The van der Waals surface area contributed by atoms with Crippen molar-refractivity contribution in [3.05, 3.63) is 46.5 Å². The Balaban J connectivity index is 2.11. The van der Waals surface area contributed by atoms with Crippen LogP contribution in [0, 0.1) is 11.8 Å². The molecule has 2 aromatic rings. The molecule has 0 fully saturated rings. The summed E-state index contributed by atoms with van der Waals surface area (Å²) in [5, 5.41) is 5.44. The lowest BCUT2D eigenvalue weighted by Gasteiger charge is -2.22. The summed E-state index contributed by atoms with van der Waals surface area (Å²) in [6.45, 7) is 5.93. The van der Waals surface area contributed by atoms with Crippen molar-refractivity contribution in [2.75, 3.05) is 0 Å². The summed E-state index contributed by atoms with van der Waals surface area (Å²) in [4.78, 5) is 16.5. The Kier molecular flexibility index (Phi) is 6.19. The van der Waals surface area contributed by atoms with Gasteiger partial charge in [-0.05, 0) is 36.5 Å². The first-order valence-corrected chi connectivity index (χ1v) is 8.45. The number of hydrogen-bond acceptors (Lipinski definition) is 3. The van der Waals surface area contributed by atoms with Gasteiger partial charge in [0, 0.05) is 16.0 Å². The topological polar surface area (TPSA) is 47.8 Å². The van der Waals surface area contributed by atoms with Gasteiger partial charge >= 0.3 is 0 Å². The second kappa shape index (κ2) is 7.93. The van der Waals surface area contributed by atoms with E-state index in [9.17, 15) is 4.79 Å². The number of ketones is 1. The zero-order chi connectivity index (χ0) is 17.0. The molecule has 1 aromatic carbocycles. The summed E-state index contributed by atoms with van der Waals surface area (Å²) in [5.74, 6) is 0.394. The smallest absolute Gasteiger partial charge is 0.159 e. The maximum absolute atomic E-state index is 12.5.